The molecular formula is C12H13NO3. The Morgan fingerprint density at radius 3 is 2.50 bits per heavy atom. The third-order valence-electron chi connectivity index (χ3n) is 2.34. The van der Waals surface area contributed by atoms with Crippen molar-refractivity contribution in [3.63, 3.8) is 0 Å². The first-order valence-electron chi connectivity index (χ1n) is 5.23. The van der Waals surface area contributed by atoms with E-state index in [9.17, 15) is 9.59 Å². The minimum absolute atomic E-state index is 0.141. The predicted molar refractivity (Wildman–Crippen MR) is 57.4 cm³/mol. The number of nitrogens with zero attached hydrogens (tertiary/aromatic N) is 1. The summed E-state index contributed by atoms with van der Waals surface area (Å²) in [5.74, 6) is -0.598. The van der Waals surface area contributed by atoms with Crippen LogP contribution >= 0.6 is 0 Å². The van der Waals surface area contributed by atoms with Crippen LogP contribution in [0.5, 0.6) is 0 Å². The van der Waals surface area contributed by atoms with Crippen molar-refractivity contribution < 1.29 is 14.3 Å². The smallest absolute Gasteiger partial charge is 0.315 e. The summed E-state index contributed by atoms with van der Waals surface area (Å²) in [6.45, 7) is 1.77. The number of benzene rings is 1. The molecule has 1 aromatic rings. The fourth-order valence-electron chi connectivity index (χ4n) is 1.32. The SMILES string of the molecule is O=C(CC(=O)N1CC1)OCc1ccccc1. The van der Waals surface area contributed by atoms with Crippen LogP contribution in [-0.2, 0) is 20.9 Å². The predicted octanol–water partition coefficient (Wildman–Crippen LogP) is 0.962. The van der Waals surface area contributed by atoms with Crippen LogP contribution in [0.4, 0.5) is 0 Å². The van der Waals surface area contributed by atoms with Crippen molar-refractivity contribution in [2.45, 2.75) is 13.0 Å². The number of carbonyl (C=O) groups excluding carboxylic acids is 2. The minimum Gasteiger partial charge on any atom is -0.460 e. The van der Waals surface area contributed by atoms with Gasteiger partial charge in [0.2, 0.25) is 5.91 Å². The zero-order valence-electron chi connectivity index (χ0n) is 8.89. The van der Waals surface area contributed by atoms with Crippen LogP contribution in [0.15, 0.2) is 30.3 Å². The maximum Gasteiger partial charge on any atom is 0.315 e. The lowest BCUT2D eigenvalue weighted by Gasteiger charge is -2.04. The van der Waals surface area contributed by atoms with Gasteiger partial charge in [0.25, 0.3) is 0 Å². The molecule has 0 radical (unpaired) electrons. The van der Waals surface area contributed by atoms with Crippen LogP contribution in [0, 0.1) is 0 Å². The van der Waals surface area contributed by atoms with Gasteiger partial charge in [-0.1, -0.05) is 30.3 Å². The monoisotopic (exact) mass is 219 g/mol. The van der Waals surface area contributed by atoms with Crippen molar-refractivity contribution in [1.82, 2.24) is 4.90 Å². The minimum atomic E-state index is -0.458. The molecule has 0 spiro atoms. The molecule has 2 rings (SSSR count). The Balaban J connectivity index is 1.73. The Kier molecular flexibility index (Phi) is 3.19. The van der Waals surface area contributed by atoms with Gasteiger partial charge in [-0.2, -0.15) is 0 Å². The highest BCUT2D eigenvalue weighted by Gasteiger charge is 2.26. The molecular weight excluding hydrogens is 206 g/mol. The van der Waals surface area contributed by atoms with Gasteiger partial charge in [0.1, 0.15) is 13.0 Å². The number of carbonyl (C=O) groups is 2. The van der Waals surface area contributed by atoms with Gasteiger partial charge in [0, 0.05) is 13.1 Å². The molecule has 0 atom stereocenters. The van der Waals surface area contributed by atoms with E-state index in [2.05, 4.69) is 0 Å². The van der Waals surface area contributed by atoms with E-state index in [4.69, 9.17) is 4.74 Å². The number of hydrogen-bond donors (Lipinski definition) is 0. The first kappa shape index (κ1) is 10.7. The van der Waals surface area contributed by atoms with Crippen LogP contribution in [-0.4, -0.2) is 29.9 Å². The van der Waals surface area contributed by atoms with E-state index in [1.807, 2.05) is 30.3 Å². The third-order valence-corrected chi connectivity index (χ3v) is 2.34. The maximum atomic E-state index is 11.3. The van der Waals surface area contributed by atoms with Crippen LogP contribution < -0.4 is 0 Å². The third kappa shape index (κ3) is 3.08. The molecule has 84 valence electrons. The molecule has 16 heavy (non-hydrogen) atoms. The van der Waals surface area contributed by atoms with E-state index in [1.54, 1.807) is 4.90 Å². The summed E-state index contributed by atoms with van der Waals surface area (Å²) >= 11 is 0. The lowest BCUT2D eigenvalue weighted by atomic mass is 10.2. The number of esters is 1. The summed E-state index contributed by atoms with van der Waals surface area (Å²) in [7, 11) is 0. The van der Waals surface area contributed by atoms with E-state index >= 15 is 0 Å². The van der Waals surface area contributed by atoms with Gasteiger partial charge in [-0.3, -0.25) is 9.59 Å². The average molecular weight is 219 g/mol. The van der Waals surface area contributed by atoms with Gasteiger partial charge >= 0.3 is 5.97 Å². The standard InChI is InChI=1S/C12H13NO3/c14-11(13-6-7-13)8-12(15)16-9-10-4-2-1-3-5-10/h1-5H,6-9H2. The van der Waals surface area contributed by atoms with Crippen molar-refractivity contribution in [3.05, 3.63) is 35.9 Å². The molecule has 1 heterocycles. The van der Waals surface area contributed by atoms with Gasteiger partial charge < -0.3 is 9.64 Å². The summed E-state index contributed by atoms with van der Waals surface area (Å²) in [4.78, 5) is 24.2. The van der Waals surface area contributed by atoms with Crippen LogP contribution in [0.25, 0.3) is 0 Å². The number of amides is 1. The maximum absolute atomic E-state index is 11.3. The molecule has 4 nitrogen and oxygen atoms in total. The molecule has 1 aliphatic rings. The summed E-state index contributed by atoms with van der Waals surface area (Å²) in [5, 5.41) is 0. The van der Waals surface area contributed by atoms with Crippen molar-refractivity contribution in [3.8, 4) is 0 Å². The van der Waals surface area contributed by atoms with E-state index in [-0.39, 0.29) is 18.9 Å². The van der Waals surface area contributed by atoms with Crippen molar-refractivity contribution in [2.24, 2.45) is 0 Å². The van der Waals surface area contributed by atoms with Crippen molar-refractivity contribution in [2.75, 3.05) is 13.1 Å². The highest BCUT2D eigenvalue weighted by Crippen LogP contribution is 2.07. The molecule has 1 aromatic carbocycles. The zero-order valence-corrected chi connectivity index (χ0v) is 8.89. The molecule has 0 N–H and O–H groups in total. The molecule has 1 aliphatic heterocycles. The molecule has 0 unspecified atom stereocenters. The number of ether oxygens (including phenoxy) is 1. The van der Waals surface area contributed by atoms with E-state index < -0.39 is 5.97 Å². The molecule has 0 bridgehead atoms. The second-order valence-corrected chi connectivity index (χ2v) is 3.70. The first-order valence-corrected chi connectivity index (χ1v) is 5.23. The van der Waals surface area contributed by atoms with Gasteiger partial charge in [-0.05, 0) is 5.56 Å². The normalized spacial score (nSPS) is 13.4. The quantitative estimate of drug-likeness (QED) is 0.430. The van der Waals surface area contributed by atoms with Crippen molar-refractivity contribution >= 4 is 11.9 Å². The number of hydrogen-bond acceptors (Lipinski definition) is 3. The molecule has 0 aliphatic carbocycles. The summed E-state index contributed by atoms with van der Waals surface area (Å²) in [6.07, 6.45) is -0.146. The Morgan fingerprint density at radius 2 is 1.88 bits per heavy atom. The van der Waals surface area contributed by atoms with E-state index in [0.29, 0.717) is 0 Å². The average Bonchev–Trinajstić information content (AvgIpc) is 3.11. The second-order valence-electron chi connectivity index (χ2n) is 3.70. The Labute approximate surface area is 93.8 Å². The van der Waals surface area contributed by atoms with Gasteiger partial charge in [0.15, 0.2) is 0 Å². The lowest BCUT2D eigenvalue weighted by Crippen LogP contribution is -2.17. The fraction of sp³-hybridized carbons (Fsp3) is 0.333. The summed E-state index contributed by atoms with van der Waals surface area (Å²) in [6, 6.07) is 9.41. The van der Waals surface area contributed by atoms with Gasteiger partial charge in [0.05, 0.1) is 0 Å². The number of rotatable bonds is 4. The summed E-state index contributed by atoms with van der Waals surface area (Å²) in [5.41, 5.74) is 0.926. The molecule has 4 heteroatoms. The summed E-state index contributed by atoms with van der Waals surface area (Å²) < 4.78 is 4.99. The van der Waals surface area contributed by atoms with Crippen LogP contribution in [0.1, 0.15) is 12.0 Å². The molecule has 0 aromatic heterocycles. The molecule has 1 fully saturated rings. The van der Waals surface area contributed by atoms with E-state index in [0.717, 1.165) is 18.7 Å². The van der Waals surface area contributed by atoms with Gasteiger partial charge in [-0.15, -0.1) is 0 Å². The molecule has 1 saturated heterocycles. The van der Waals surface area contributed by atoms with E-state index in [1.165, 1.54) is 0 Å². The Bertz CT molecular complexity index is 385. The fourth-order valence-corrected chi connectivity index (χ4v) is 1.32. The van der Waals surface area contributed by atoms with Crippen LogP contribution in [0.2, 0.25) is 0 Å². The topological polar surface area (TPSA) is 46.4 Å². The molecule has 1 amide bonds. The highest BCUT2D eigenvalue weighted by molar-refractivity contribution is 5.95. The van der Waals surface area contributed by atoms with Crippen molar-refractivity contribution in [1.29, 1.82) is 0 Å². The second kappa shape index (κ2) is 4.79. The highest BCUT2D eigenvalue weighted by atomic mass is 16.5. The van der Waals surface area contributed by atoms with Gasteiger partial charge in [-0.25, -0.2) is 0 Å². The molecule has 0 saturated carbocycles. The Morgan fingerprint density at radius 1 is 1.19 bits per heavy atom. The lowest BCUT2D eigenvalue weighted by molar-refractivity contribution is -0.148. The first-order chi connectivity index (χ1) is 7.75. The largest absolute Gasteiger partial charge is 0.460 e. The zero-order chi connectivity index (χ0) is 11.4. The Hall–Kier alpha value is -1.84. The van der Waals surface area contributed by atoms with Crippen LogP contribution in [0.3, 0.4) is 0 Å².